The van der Waals surface area contributed by atoms with Crippen LogP contribution in [-0.2, 0) is 11.3 Å². The molecule has 0 radical (unpaired) electrons. The van der Waals surface area contributed by atoms with Gasteiger partial charge in [0.2, 0.25) is 5.91 Å². The molecule has 1 aromatic carbocycles. The van der Waals surface area contributed by atoms with E-state index in [2.05, 4.69) is 5.32 Å². The summed E-state index contributed by atoms with van der Waals surface area (Å²) < 4.78 is 5.28. The number of carbonyl (C=O) groups is 1. The van der Waals surface area contributed by atoms with E-state index in [4.69, 9.17) is 10.5 Å². The molecule has 2 aliphatic rings. The summed E-state index contributed by atoms with van der Waals surface area (Å²) in [4.78, 5) is 12.1. The van der Waals surface area contributed by atoms with Crippen LogP contribution in [0.5, 0.6) is 5.75 Å². The number of nitrogens with one attached hydrogen (secondary N) is 1. The average molecular weight is 260 g/mol. The number of ether oxygens (including phenoxy) is 1. The fourth-order valence-electron chi connectivity index (χ4n) is 3.19. The van der Waals surface area contributed by atoms with E-state index in [1.807, 2.05) is 12.1 Å². The Labute approximate surface area is 113 Å². The van der Waals surface area contributed by atoms with Crippen molar-refractivity contribution in [1.29, 1.82) is 0 Å². The molecule has 0 bridgehead atoms. The summed E-state index contributed by atoms with van der Waals surface area (Å²) in [6, 6.07) is 5.49. The highest BCUT2D eigenvalue weighted by Gasteiger charge is 2.47. The molecule has 0 saturated heterocycles. The van der Waals surface area contributed by atoms with Crippen molar-refractivity contribution < 1.29 is 9.53 Å². The Morgan fingerprint density at radius 3 is 2.79 bits per heavy atom. The van der Waals surface area contributed by atoms with Gasteiger partial charge in [-0.1, -0.05) is 0 Å². The highest BCUT2D eigenvalue weighted by molar-refractivity contribution is 5.79. The molecule has 0 spiro atoms. The van der Waals surface area contributed by atoms with Crippen molar-refractivity contribution in [1.82, 2.24) is 5.32 Å². The van der Waals surface area contributed by atoms with Crippen molar-refractivity contribution >= 4 is 11.6 Å². The van der Waals surface area contributed by atoms with Crippen LogP contribution in [0, 0.1) is 17.8 Å². The molecule has 0 heterocycles. The van der Waals surface area contributed by atoms with E-state index in [0.717, 1.165) is 36.0 Å². The number of rotatable bonds is 4. The van der Waals surface area contributed by atoms with Crippen LogP contribution in [0.4, 0.5) is 5.69 Å². The van der Waals surface area contributed by atoms with Gasteiger partial charge < -0.3 is 15.8 Å². The quantitative estimate of drug-likeness (QED) is 0.813. The van der Waals surface area contributed by atoms with Gasteiger partial charge in [-0.05, 0) is 49.3 Å². The molecule has 4 heteroatoms. The summed E-state index contributed by atoms with van der Waals surface area (Å²) in [7, 11) is 1.63. The molecule has 2 fully saturated rings. The van der Waals surface area contributed by atoms with Crippen molar-refractivity contribution in [2.75, 3.05) is 12.8 Å². The SMILES string of the molecule is COc1ccc(N)cc1CNC(=O)C1CC2CC2C1. The molecule has 3 N–H and O–H groups in total. The van der Waals surface area contributed by atoms with E-state index in [9.17, 15) is 4.79 Å². The van der Waals surface area contributed by atoms with Gasteiger partial charge in [-0.15, -0.1) is 0 Å². The van der Waals surface area contributed by atoms with Crippen LogP contribution in [0.2, 0.25) is 0 Å². The molecule has 2 saturated carbocycles. The fraction of sp³-hybridized carbons (Fsp3) is 0.533. The first-order valence-corrected chi connectivity index (χ1v) is 6.87. The van der Waals surface area contributed by atoms with E-state index in [1.165, 1.54) is 6.42 Å². The second-order valence-corrected chi connectivity index (χ2v) is 5.71. The van der Waals surface area contributed by atoms with Gasteiger partial charge in [0.05, 0.1) is 7.11 Å². The first-order chi connectivity index (χ1) is 9.17. The summed E-state index contributed by atoms with van der Waals surface area (Å²) in [6.45, 7) is 0.485. The average Bonchev–Trinajstić information content (AvgIpc) is 3.02. The third-order valence-electron chi connectivity index (χ3n) is 4.37. The maximum absolute atomic E-state index is 12.1. The first-order valence-electron chi connectivity index (χ1n) is 6.87. The van der Waals surface area contributed by atoms with Gasteiger partial charge in [0.15, 0.2) is 0 Å². The lowest BCUT2D eigenvalue weighted by Crippen LogP contribution is -2.29. The van der Waals surface area contributed by atoms with Crippen LogP contribution >= 0.6 is 0 Å². The predicted octanol–water partition coefficient (Wildman–Crippen LogP) is 1.94. The van der Waals surface area contributed by atoms with Gasteiger partial charge in [-0.25, -0.2) is 0 Å². The number of benzene rings is 1. The minimum Gasteiger partial charge on any atom is -0.496 e. The van der Waals surface area contributed by atoms with E-state index in [0.29, 0.717) is 12.2 Å². The molecular weight excluding hydrogens is 240 g/mol. The monoisotopic (exact) mass is 260 g/mol. The van der Waals surface area contributed by atoms with Crippen LogP contribution in [0.15, 0.2) is 18.2 Å². The Hall–Kier alpha value is -1.71. The van der Waals surface area contributed by atoms with Gasteiger partial charge >= 0.3 is 0 Å². The number of carbonyl (C=O) groups excluding carboxylic acids is 1. The molecule has 2 unspecified atom stereocenters. The second-order valence-electron chi connectivity index (χ2n) is 5.71. The zero-order chi connectivity index (χ0) is 13.4. The number of fused-ring (bicyclic) bond motifs is 1. The van der Waals surface area contributed by atoms with Crippen LogP contribution in [0.1, 0.15) is 24.8 Å². The summed E-state index contributed by atoms with van der Waals surface area (Å²) in [5, 5.41) is 3.01. The van der Waals surface area contributed by atoms with Crippen LogP contribution in [0.3, 0.4) is 0 Å². The molecule has 3 rings (SSSR count). The normalized spacial score (nSPS) is 27.7. The number of hydrogen-bond acceptors (Lipinski definition) is 3. The van der Waals surface area contributed by atoms with Crippen molar-refractivity contribution in [2.45, 2.75) is 25.8 Å². The Morgan fingerprint density at radius 2 is 2.11 bits per heavy atom. The van der Waals surface area contributed by atoms with Gasteiger partial charge in [-0.2, -0.15) is 0 Å². The molecule has 0 aliphatic heterocycles. The highest BCUT2D eigenvalue weighted by Crippen LogP contribution is 2.54. The molecule has 2 atom stereocenters. The fourth-order valence-corrected chi connectivity index (χ4v) is 3.19. The van der Waals surface area contributed by atoms with Crippen molar-refractivity contribution in [2.24, 2.45) is 17.8 Å². The minimum absolute atomic E-state index is 0.177. The first kappa shape index (κ1) is 12.3. The topological polar surface area (TPSA) is 64.3 Å². The van der Waals surface area contributed by atoms with E-state index >= 15 is 0 Å². The van der Waals surface area contributed by atoms with Crippen LogP contribution < -0.4 is 15.8 Å². The van der Waals surface area contributed by atoms with Gasteiger partial charge in [0, 0.05) is 23.7 Å². The molecule has 2 aliphatic carbocycles. The lowest BCUT2D eigenvalue weighted by molar-refractivity contribution is -0.125. The van der Waals surface area contributed by atoms with Crippen molar-refractivity contribution in [3.05, 3.63) is 23.8 Å². The smallest absolute Gasteiger partial charge is 0.223 e. The Balaban J connectivity index is 1.59. The highest BCUT2D eigenvalue weighted by atomic mass is 16.5. The third-order valence-corrected chi connectivity index (χ3v) is 4.37. The summed E-state index contributed by atoms with van der Waals surface area (Å²) in [5.74, 6) is 2.83. The molecule has 102 valence electrons. The van der Waals surface area contributed by atoms with E-state index < -0.39 is 0 Å². The largest absolute Gasteiger partial charge is 0.496 e. The number of anilines is 1. The predicted molar refractivity (Wildman–Crippen MR) is 73.6 cm³/mol. The lowest BCUT2D eigenvalue weighted by Gasteiger charge is -2.14. The van der Waals surface area contributed by atoms with E-state index in [-0.39, 0.29) is 11.8 Å². The summed E-state index contributed by atoms with van der Waals surface area (Å²) >= 11 is 0. The Morgan fingerprint density at radius 1 is 1.37 bits per heavy atom. The minimum atomic E-state index is 0.177. The van der Waals surface area contributed by atoms with Gasteiger partial charge in [-0.3, -0.25) is 4.79 Å². The molecule has 1 amide bonds. The molecule has 1 aromatic rings. The maximum atomic E-state index is 12.1. The number of hydrogen-bond donors (Lipinski definition) is 2. The lowest BCUT2D eigenvalue weighted by atomic mass is 10.0. The van der Waals surface area contributed by atoms with Gasteiger partial charge in [0.1, 0.15) is 5.75 Å². The van der Waals surface area contributed by atoms with Crippen LogP contribution in [-0.4, -0.2) is 13.0 Å². The molecule has 0 aromatic heterocycles. The van der Waals surface area contributed by atoms with Crippen LogP contribution in [0.25, 0.3) is 0 Å². The number of methoxy groups -OCH3 is 1. The number of amides is 1. The van der Waals surface area contributed by atoms with Crippen molar-refractivity contribution in [3.63, 3.8) is 0 Å². The Bertz CT molecular complexity index is 491. The molecule has 19 heavy (non-hydrogen) atoms. The zero-order valence-electron chi connectivity index (χ0n) is 11.2. The van der Waals surface area contributed by atoms with E-state index in [1.54, 1.807) is 13.2 Å². The molecule has 4 nitrogen and oxygen atoms in total. The third kappa shape index (κ3) is 2.53. The summed E-state index contributed by atoms with van der Waals surface area (Å²) in [6.07, 6.45) is 3.49. The second kappa shape index (κ2) is 4.76. The Kier molecular flexibility index (Phi) is 3.09. The standard InChI is InChI=1S/C15H20N2O2/c1-19-14-3-2-13(16)7-12(14)8-17-15(18)11-5-9-4-10(9)6-11/h2-3,7,9-11H,4-6,8,16H2,1H3,(H,17,18). The zero-order valence-corrected chi connectivity index (χ0v) is 11.2. The summed E-state index contributed by atoms with van der Waals surface area (Å²) in [5.41, 5.74) is 7.38. The maximum Gasteiger partial charge on any atom is 0.223 e. The molecular formula is C15H20N2O2. The number of nitrogens with two attached hydrogens (primary N) is 1. The van der Waals surface area contributed by atoms with Crippen molar-refractivity contribution in [3.8, 4) is 5.75 Å². The van der Waals surface area contributed by atoms with Gasteiger partial charge in [0.25, 0.3) is 0 Å². The number of nitrogen functional groups attached to an aromatic ring is 1.